The summed E-state index contributed by atoms with van der Waals surface area (Å²) in [6.07, 6.45) is 1.02. The van der Waals surface area contributed by atoms with Crippen LogP contribution in [0, 0.1) is 0 Å². The molecule has 0 radical (unpaired) electrons. The predicted octanol–water partition coefficient (Wildman–Crippen LogP) is 2.76. The standard InChI is InChI=1S/C16H24N2O3S/c1-16(2,3)21-15(20)18-9-7-17(8-10-18)14(19)5-4-13-6-11-22-12-13/h6,11-12H,4-5,7-10H2,1-3H3. The van der Waals surface area contributed by atoms with E-state index in [-0.39, 0.29) is 12.0 Å². The Bertz CT molecular complexity index is 500. The second-order valence-electron chi connectivity index (χ2n) is 6.48. The minimum Gasteiger partial charge on any atom is -0.444 e. The molecule has 122 valence electrons. The molecule has 2 rings (SSSR count). The van der Waals surface area contributed by atoms with Crippen molar-refractivity contribution in [2.45, 2.75) is 39.2 Å². The monoisotopic (exact) mass is 324 g/mol. The maximum Gasteiger partial charge on any atom is 0.410 e. The van der Waals surface area contributed by atoms with E-state index in [9.17, 15) is 9.59 Å². The molecule has 1 aliphatic rings. The van der Waals surface area contributed by atoms with Crippen LogP contribution in [-0.2, 0) is 16.0 Å². The number of piperazine rings is 1. The number of nitrogens with zero attached hydrogens (tertiary/aromatic N) is 2. The Balaban J connectivity index is 1.74. The fraction of sp³-hybridized carbons (Fsp3) is 0.625. The number of thiophene rings is 1. The number of hydrogen-bond acceptors (Lipinski definition) is 4. The van der Waals surface area contributed by atoms with Gasteiger partial charge in [-0.1, -0.05) is 0 Å². The second kappa shape index (κ2) is 7.13. The lowest BCUT2D eigenvalue weighted by molar-refractivity contribution is -0.132. The lowest BCUT2D eigenvalue weighted by atomic mass is 10.1. The lowest BCUT2D eigenvalue weighted by Crippen LogP contribution is -2.51. The fourth-order valence-corrected chi connectivity index (χ4v) is 3.01. The van der Waals surface area contributed by atoms with Crippen molar-refractivity contribution in [1.29, 1.82) is 0 Å². The van der Waals surface area contributed by atoms with E-state index in [1.165, 1.54) is 5.56 Å². The van der Waals surface area contributed by atoms with E-state index in [1.54, 1.807) is 16.2 Å². The van der Waals surface area contributed by atoms with E-state index < -0.39 is 5.60 Å². The molecule has 1 aromatic rings. The highest BCUT2D eigenvalue weighted by Gasteiger charge is 2.27. The van der Waals surface area contributed by atoms with Crippen molar-refractivity contribution < 1.29 is 14.3 Å². The Kier molecular flexibility index (Phi) is 5.45. The van der Waals surface area contributed by atoms with Gasteiger partial charge in [-0.3, -0.25) is 4.79 Å². The van der Waals surface area contributed by atoms with Crippen molar-refractivity contribution in [3.05, 3.63) is 22.4 Å². The first-order chi connectivity index (χ1) is 10.3. The SMILES string of the molecule is CC(C)(C)OC(=O)N1CCN(C(=O)CCc2ccsc2)CC1. The van der Waals surface area contributed by atoms with E-state index in [2.05, 4.69) is 11.4 Å². The molecular formula is C16H24N2O3S. The minimum absolute atomic E-state index is 0.162. The highest BCUT2D eigenvalue weighted by atomic mass is 32.1. The number of ether oxygens (including phenoxy) is 1. The molecule has 0 spiro atoms. The largest absolute Gasteiger partial charge is 0.444 e. The van der Waals surface area contributed by atoms with Gasteiger partial charge in [0.25, 0.3) is 0 Å². The van der Waals surface area contributed by atoms with Crippen LogP contribution in [-0.4, -0.2) is 53.6 Å². The van der Waals surface area contributed by atoms with Crippen LogP contribution in [0.15, 0.2) is 16.8 Å². The minimum atomic E-state index is -0.482. The number of hydrogen-bond donors (Lipinski definition) is 0. The Labute approximate surface area is 135 Å². The molecule has 6 heteroatoms. The van der Waals surface area contributed by atoms with Crippen LogP contribution >= 0.6 is 11.3 Å². The van der Waals surface area contributed by atoms with E-state index in [4.69, 9.17) is 4.74 Å². The molecule has 1 aromatic heterocycles. The van der Waals surface area contributed by atoms with Crippen molar-refractivity contribution >= 4 is 23.3 Å². The van der Waals surface area contributed by atoms with E-state index in [0.29, 0.717) is 32.6 Å². The maximum absolute atomic E-state index is 12.2. The average Bonchev–Trinajstić information content (AvgIpc) is 2.96. The third kappa shape index (κ3) is 5.02. The summed E-state index contributed by atoms with van der Waals surface area (Å²) in [5, 5.41) is 4.10. The van der Waals surface area contributed by atoms with Gasteiger partial charge in [-0.25, -0.2) is 4.79 Å². The molecule has 0 aromatic carbocycles. The molecule has 0 aliphatic carbocycles. The van der Waals surface area contributed by atoms with Gasteiger partial charge in [-0.2, -0.15) is 11.3 Å². The number of carbonyl (C=O) groups excluding carboxylic acids is 2. The van der Waals surface area contributed by atoms with Crippen molar-refractivity contribution in [3.63, 3.8) is 0 Å². The molecule has 0 saturated carbocycles. The molecule has 0 atom stereocenters. The van der Waals surface area contributed by atoms with E-state index >= 15 is 0 Å². The summed E-state index contributed by atoms with van der Waals surface area (Å²) in [6, 6.07) is 2.05. The van der Waals surface area contributed by atoms with E-state index in [0.717, 1.165) is 6.42 Å². The summed E-state index contributed by atoms with van der Waals surface area (Å²) in [6.45, 7) is 7.82. The third-order valence-electron chi connectivity index (χ3n) is 3.49. The quantitative estimate of drug-likeness (QED) is 0.859. The maximum atomic E-state index is 12.2. The van der Waals surface area contributed by atoms with Crippen molar-refractivity contribution in [2.75, 3.05) is 26.2 Å². The zero-order chi connectivity index (χ0) is 16.2. The van der Waals surface area contributed by atoms with Crippen LogP contribution < -0.4 is 0 Å². The van der Waals surface area contributed by atoms with Gasteiger partial charge in [0.05, 0.1) is 0 Å². The molecule has 0 unspecified atom stereocenters. The molecule has 22 heavy (non-hydrogen) atoms. The third-order valence-corrected chi connectivity index (χ3v) is 4.22. The van der Waals surface area contributed by atoms with Crippen LogP contribution in [0.4, 0.5) is 4.79 Å². The molecule has 5 nitrogen and oxygen atoms in total. The Morgan fingerprint density at radius 1 is 1.18 bits per heavy atom. The van der Waals surface area contributed by atoms with Gasteiger partial charge in [-0.05, 0) is 49.6 Å². The second-order valence-corrected chi connectivity index (χ2v) is 7.26. The van der Waals surface area contributed by atoms with Crippen LogP contribution in [0.5, 0.6) is 0 Å². The Hall–Kier alpha value is -1.56. The summed E-state index contributed by atoms with van der Waals surface area (Å²) >= 11 is 1.65. The van der Waals surface area contributed by atoms with Gasteiger partial charge in [-0.15, -0.1) is 0 Å². The van der Waals surface area contributed by atoms with Crippen LogP contribution in [0.2, 0.25) is 0 Å². The zero-order valence-corrected chi connectivity index (χ0v) is 14.3. The lowest BCUT2D eigenvalue weighted by Gasteiger charge is -2.35. The van der Waals surface area contributed by atoms with Gasteiger partial charge >= 0.3 is 6.09 Å². The average molecular weight is 324 g/mol. The number of aryl methyl sites for hydroxylation is 1. The molecule has 1 aliphatic heterocycles. The van der Waals surface area contributed by atoms with Crippen molar-refractivity contribution in [1.82, 2.24) is 9.80 Å². The van der Waals surface area contributed by atoms with E-state index in [1.807, 2.05) is 31.1 Å². The summed E-state index contributed by atoms with van der Waals surface area (Å²) in [5.41, 5.74) is 0.732. The van der Waals surface area contributed by atoms with Crippen molar-refractivity contribution in [2.24, 2.45) is 0 Å². The van der Waals surface area contributed by atoms with Crippen LogP contribution in [0.1, 0.15) is 32.8 Å². The van der Waals surface area contributed by atoms with Gasteiger partial charge in [0.15, 0.2) is 0 Å². The summed E-state index contributed by atoms with van der Waals surface area (Å²) in [4.78, 5) is 27.7. The number of amides is 2. The fourth-order valence-electron chi connectivity index (χ4n) is 2.31. The highest BCUT2D eigenvalue weighted by Crippen LogP contribution is 2.13. The Morgan fingerprint density at radius 2 is 1.82 bits per heavy atom. The topological polar surface area (TPSA) is 49.9 Å². The van der Waals surface area contributed by atoms with Crippen molar-refractivity contribution in [3.8, 4) is 0 Å². The highest BCUT2D eigenvalue weighted by molar-refractivity contribution is 7.07. The van der Waals surface area contributed by atoms with Gasteiger partial charge in [0.2, 0.25) is 5.91 Å². The first kappa shape index (κ1) is 16.8. The van der Waals surface area contributed by atoms with Crippen LogP contribution in [0.3, 0.4) is 0 Å². The molecule has 0 N–H and O–H groups in total. The summed E-state index contributed by atoms with van der Waals surface area (Å²) in [5.74, 6) is 0.162. The first-order valence-electron chi connectivity index (χ1n) is 7.62. The predicted molar refractivity (Wildman–Crippen MR) is 87.0 cm³/mol. The van der Waals surface area contributed by atoms with Crippen LogP contribution in [0.25, 0.3) is 0 Å². The molecule has 0 bridgehead atoms. The van der Waals surface area contributed by atoms with Gasteiger partial charge in [0.1, 0.15) is 5.60 Å². The Morgan fingerprint density at radius 3 is 2.36 bits per heavy atom. The normalized spacial score (nSPS) is 15.8. The smallest absolute Gasteiger partial charge is 0.410 e. The molecular weight excluding hydrogens is 300 g/mol. The molecule has 2 amide bonds. The number of carbonyl (C=O) groups is 2. The zero-order valence-electron chi connectivity index (χ0n) is 13.5. The summed E-state index contributed by atoms with van der Waals surface area (Å²) < 4.78 is 5.35. The van der Waals surface area contributed by atoms with Gasteiger partial charge in [0, 0.05) is 32.6 Å². The molecule has 2 heterocycles. The summed E-state index contributed by atoms with van der Waals surface area (Å²) in [7, 11) is 0. The molecule has 1 saturated heterocycles. The molecule has 1 fully saturated rings. The number of rotatable bonds is 3. The van der Waals surface area contributed by atoms with Gasteiger partial charge < -0.3 is 14.5 Å². The first-order valence-corrected chi connectivity index (χ1v) is 8.56.